The molecule has 2 aliphatic rings. The van der Waals surface area contributed by atoms with E-state index in [1.54, 1.807) is 0 Å². The maximum absolute atomic E-state index is 8.97. The monoisotopic (exact) mass is 243 g/mol. The van der Waals surface area contributed by atoms with Crippen molar-refractivity contribution in [1.82, 2.24) is 0 Å². The van der Waals surface area contributed by atoms with E-state index < -0.39 is 0 Å². The largest absolute Gasteiger partial charge is 0.516 e. The van der Waals surface area contributed by atoms with Gasteiger partial charge in [-0.2, -0.15) is 0 Å². The molecule has 1 heterocycles. The molecule has 2 fully saturated rings. The first kappa shape index (κ1) is 11.6. The van der Waals surface area contributed by atoms with Crippen LogP contribution >= 0.6 is 0 Å². The lowest BCUT2D eigenvalue weighted by atomic mass is 10.0. The Kier molecular flexibility index (Phi) is 3.26. The summed E-state index contributed by atoms with van der Waals surface area (Å²) < 4.78 is 0. The molecule has 1 aromatic carbocycles. The molecular weight excluding hydrogens is 222 g/mol. The third-order valence-corrected chi connectivity index (χ3v) is 4.06. The van der Waals surface area contributed by atoms with Gasteiger partial charge in [0.1, 0.15) is 0 Å². The molecule has 0 bridgehead atoms. The Bertz CT molecular complexity index is 442. The van der Waals surface area contributed by atoms with Gasteiger partial charge in [0.05, 0.1) is 6.26 Å². The number of piperidine rings is 1. The molecule has 96 valence electrons. The van der Waals surface area contributed by atoms with Crippen molar-refractivity contribution in [3.05, 3.63) is 35.6 Å². The van der Waals surface area contributed by atoms with Gasteiger partial charge in [-0.05, 0) is 67.4 Å². The molecule has 1 saturated carbocycles. The van der Waals surface area contributed by atoms with E-state index in [1.807, 2.05) is 6.08 Å². The number of benzene rings is 1. The van der Waals surface area contributed by atoms with Crippen LogP contribution in [-0.2, 0) is 0 Å². The first-order valence-corrected chi connectivity index (χ1v) is 7.08. The van der Waals surface area contributed by atoms with Gasteiger partial charge < -0.3 is 10.0 Å². The fourth-order valence-corrected chi connectivity index (χ4v) is 2.89. The van der Waals surface area contributed by atoms with Crippen molar-refractivity contribution in [2.75, 3.05) is 18.0 Å². The van der Waals surface area contributed by atoms with Gasteiger partial charge in [0.15, 0.2) is 0 Å². The number of aliphatic hydroxyl groups excluding tert-OH is 1. The third kappa shape index (κ3) is 2.38. The Morgan fingerprint density at radius 2 is 1.89 bits per heavy atom. The van der Waals surface area contributed by atoms with Crippen molar-refractivity contribution in [3.63, 3.8) is 0 Å². The molecule has 1 aromatic rings. The Balaban J connectivity index is 1.89. The van der Waals surface area contributed by atoms with Crippen molar-refractivity contribution in [1.29, 1.82) is 0 Å². The number of rotatable bonds is 3. The van der Waals surface area contributed by atoms with Crippen LogP contribution in [0.2, 0.25) is 0 Å². The number of nitrogens with zero attached hydrogens (tertiary/aromatic N) is 1. The molecule has 2 heteroatoms. The van der Waals surface area contributed by atoms with Gasteiger partial charge in [0.25, 0.3) is 0 Å². The molecule has 3 rings (SSSR count). The smallest absolute Gasteiger partial charge is 0.0797 e. The van der Waals surface area contributed by atoms with Crippen LogP contribution in [0.5, 0.6) is 0 Å². The Hall–Kier alpha value is -1.44. The van der Waals surface area contributed by atoms with Crippen LogP contribution < -0.4 is 4.90 Å². The number of anilines is 1. The number of hydrogen-bond donors (Lipinski definition) is 1. The van der Waals surface area contributed by atoms with Gasteiger partial charge in [-0.25, -0.2) is 0 Å². The zero-order valence-corrected chi connectivity index (χ0v) is 10.8. The zero-order chi connectivity index (χ0) is 12.4. The highest BCUT2D eigenvalue weighted by Crippen LogP contribution is 2.43. The van der Waals surface area contributed by atoms with E-state index in [-0.39, 0.29) is 0 Å². The van der Waals surface area contributed by atoms with Crippen LogP contribution in [0.4, 0.5) is 5.69 Å². The fourth-order valence-electron chi connectivity index (χ4n) is 2.89. The van der Waals surface area contributed by atoms with E-state index in [4.69, 9.17) is 5.11 Å². The summed E-state index contributed by atoms with van der Waals surface area (Å²) in [5, 5.41) is 8.97. The summed E-state index contributed by atoms with van der Waals surface area (Å²) in [5.74, 6) is 0.723. The van der Waals surface area contributed by atoms with Crippen LogP contribution in [0.15, 0.2) is 24.5 Å². The Labute approximate surface area is 109 Å². The van der Waals surface area contributed by atoms with Gasteiger partial charge >= 0.3 is 0 Å². The van der Waals surface area contributed by atoms with E-state index in [0.29, 0.717) is 0 Å². The maximum Gasteiger partial charge on any atom is 0.0797 e. The molecule has 18 heavy (non-hydrogen) atoms. The minimum Gasteiger partial charge on any atom is -0.516 e. The van der Waals surface area contributed by atoms with Crippen molar-refractivity contribution in [3.8, 4) is 0 Å². The molecule has 1 N–H and O–H groups in total. The predicted octanol–water partition coefficient (Wildman–Crippen LogP) is 4.08. The second kappa shape index (κ2) is 5.05. The first-order chi connectivity index (χ1) is 8.88. The van der Waals surface area contributed by atoms with E-state index in [9.17, 15) is 0 Å². The molecular formula is C16H21NO. The van der Waals surface area contributed by atoms with Gasteiger partial charge in [0, 0.05) is 18.8 Å². The average Bonchev–Trinajstić information content (AvgIpc) is 3.25. The third-order valence-electron chi connectivity index (χ3n) is 4.06. The van der Waals surface area contributed by atoms with Gasteiger partial charge in [-0.3, -0.25) is 0 Å². The predicted molar refractivity (Wildman–Crippen MR) is 76.1 cm³/mol. The molecule has 2 nitrogen and oxygen atoms in total. The molecule has 0 unspecified atom stereocenters. The van der Waals surface area contributed by atoms with Crippen LogP contribution in [0, 0.1) is 0 Å². The van der Waals surface area contributed by atoms with Crippen LogP contribution in [0.3, 0.4) is 0 Å². The van der Waals surface area contributed by atoms with Gasteiger partial charge in [-0.1, -0.05) is 6.07 Å². The highest BCUT2D eigenvalue weighted by molar-refractivity contribution is 5.61. The average molecular weight is 243 g/mol. The lowest BCUT2D eigenvalue weighted by Crippen LogP contribution is -2.29. The standard InChI is InChI=1S/C16H21NO/c18-11-8-14-6-7-15(12-16(14)13-4-5-13)17-9-2-1-3-10-17/h6-8,11-13,18H,1-5,9-10H2/b11-8+. The van der Waals surface area contributed by atoms with Crippen molar-refractivity contribution < 1.29 is 5.11 Å². The summed E-state index contributed by atoms with van der Waals surface area (Å²) in [6.07, 6.45) is 9.58. The summed E-state index contributed by atoms with van der Waals surface area (Å²) in [6.45, 7) is 2.39. The number of hydrogen-bond acceptors (Lipinski definition) is 2. The molecule has 1 aliphatic carbocycles. The summed E-state index contributed by atoms with van der Waals surface area (Å²) in [6, 6.07) is 6.70. The summed E-state index contributed by atoms with van der Waals surface area (Å²) in [5.41, 5.74) is 3.97. The first-order valence-electron chi connectivity index (χ1n) is 7.08. The van der Waals surface area contributed by atoms with E-state index >= 15 is 0 Å². The van der Waals surface area contributed by atoms with Crippen molar-refractivity contribution in [2.24, 2.45) is 0 Å². The topological polar surface area (TPSA) is 23.5 Å². The van der Waals surface area contributed by atoms with Crippen LogP contribution in [0.25, 0.3) is 6.08 Å². The molecule has 0 radical (unpaired) electrons. The lowest BCUT2D eigenvalue weighted by Gasteiger charge is -2.29. The van der Waals surface area contributed by atoms with Crippen LogP contribution in [-0.4, -0.2) is 18.2 Å². The fraction of sp³-hybridized carbons (Fsp3) is 0.500. The molecule has 1 aliphatic heterocycles. The highest BCUT2D eigenvalue weighted by Gasteiger charge is 2.26. The molecule has 0 spiro atoms. The van der Waals surface area contributed by atoms with Crippen molar-refractivity contribution in [2.45, 2.75) is 38.0 Å². The van der Waals surface area contributed by atoms with Gasteiger partial charge in [0.2, 0.25) is 0 Å². The normalized spacial score (nSPS) is 20.6. The molecule has 1 saturated heterocycles. The highest BCUT2D eigenvalue weighted by atomic mass is 16.2. The quantitative estimate of drug-likeness (QED) is 0.808. The van der Waals surface area contributed by atoms with Crippen LogP contribution in [0.1, 0.15) is 49.1 Å². The zero-order valence-electron chi connectivity index (χ0n) is 10.8. The maximum atomic E-state index is 8.97. The lowest BCUT2D eigenvalue weighted by molar-refractivity contribution is 0.478. The van der Waals surface area contributed by atoms with Crippen molar-refractivity contribution >= 4 is 11.8 Å². The molecule has 0 atom stereocenters. The Morgan fingerprint density at radius 3 is 2.56 bits per heavy atom. The van der Waals surface area contributed by atoms with E-state index in [1.165, 1.54) is 62.0 Å². The number of aliphatic hydroxyl groups is 1. The minimum atomic E-state index is 0.723. The summed E-state index contributed by atoms with van der Waals surface area (Å²) in [4.78, 5) is 2.50. The Morgan fingerprint density at radius 1 is 1.11 bits per heavy atom. The summed E-state index contributed by atoms with van der Waals surface area (Å²) >= 11 is 0. The second-order valence-electron chi connectivity index (χ2n) is 5.45. The molecule has 0 amide bonds. The minimum absolute atomic E-state index is 0.723. The van der Waals surface area contributed by atoms with E-state index in [0.717, 1.165) is 12.2 Å². The van der Waals surface area contributed by atoms with Gasteiger partial charge in [-0.15, -0.1) is 0 Å². The van der Waals surface area contributed by atoms with E-state index in [2.05, 4.69) is 23.1 Å². The second-order valence-corrected chi connectivity index (χ2v) is 5.45. The SMILES string of the molecule is O/C=C/c1ccc(N2CCCCC2)cc1C1CC1. The molecule has 0 aromatic heterocycles. The summed E-state index contributed by atoms with van der Waals surface area (Å²) in [7, 11) is 0.